The lowest BCUT2D eigenvalue weighted by molar-refractivity contribution is -0.143. The molecule has 1 aromatic rings. The zero-order valence-corrected chi connectivity index (χ0v) is 10.9. The SMILES string of the molecule is O=C(O)[C@H]1CC[C@@H]2CCc3cc(F)ncc3C(=O)N2C1. The van der Waals surface area contributed by atoms with Crippen LogP contribution in [0.4, 0.5) is 4.39 Å². The fourth-order valence-corrected chi connectivity index (χ4v) is 3.12. The third-order valence-electron chi connectivity index (χ3n) is 4.25. The van der Waals surface area contributed by atoms with Crippen LogP contribution >= 0.6 is 0 Å². The summed E-state index contributed by atoms with van der Waals surface area (Å²) >= 11 is 0. The Hall–Kier alpha value is -1.98. The molecule has 106 valence electrons. The third kappa shape index (κ3) is 2.15. The normalized spacial score (nSPS) is 25.6. The van der Waals surface area contributed by atoms with Gasteiger partial charge in [0.1, 0.15) is 0 Å². The number of piperidine rings is 1. The van der Waals surface area contributed by atoms with Crippen molar-refractivity contribution in [2.75, 3.05) is 6.54 Å². The second-order valence-electron chi connectivity index (χ2n) is 5.43. The van der Waals surface area contributed by atoms with Crippen molar-refractivity contribution in [3.63, 3.8) is 0 Å². The van der Waals surface area contributed by atoms with Gasteiger partial charge >= 0.3 is 5.97 Å². The van der Waals surface area contributed by atoms with Crippen LogP contribution in [-0.2, 0) is 11.2 Å². The number of amides is 1. The Morgan fingerprint density at radius 2 is 2.20 bits per heavy atom. The number of hydrogen-bond donors (Lipinski definition) is 1. The fourth-order valence-electron chi connectivity index (χ4n) is 3.12. The number of rotatable bonds is 1. The molecular formula is C14H15FN2O3. The van der Waals surface area contributed by atoms with Gasteiger partial charge in [0.15, 0.2) is 0 Å². The lowest BCUT2D eigenvalue weighted by atomic mass is 9.91. The van der Waals surface area contributed by atoms with Crippen LogP contribution in [0.3, 0.4) is 0 Å². The van der Waals surface area contributed by atoms with Gasteiger partial charge in [0.05, 0.1) is 11.5 Å². The van der Waals surface area contributed by atoms with Gasteiger partial charge < -0.3 is 10.0 Å². The number of carbonyl (C=O) groups excluding carboxylic acids is 1. The van der Waals surface area contributed by atoms with Crippen molar-refractivity contribution >= 4 is 11.9 Å². The van der Waals surface area contributed by atoms with Crippen LogP contribution in [0.25, 0.3) is 0 Å². The van der Waals surface area contributed by atoms with Crippen molar-refractivity contribution in [2.45, 2.75) is 31.7 Å². The Balaban J connectivity index is 1.93. The van der Waals surface area contributed by atoms with Crippen molar-refractivity contribution in [1.82, 2.24) is 9.88 Å². The molecule has 1 saturated heterocycles. The maximum atomic E-state index is 13.2. The average molecular weight is 278 g/mol. The first-order valence-electron chi connectivity index (χ1n) is 6.74. The molecule has 2 aliphatic heterocycles. The van der Waals surface area contributed by atoms with Gasteiger partial charge in [-0.1, -0.05) is 0 Å². The minimum absolute atomic E-state index is 0.0496. The summed E-state index contributed by atoms with van der Waals surface area (Å²) in [7, 11) is 0. The first-order valence-corrected chi connectivity index (χ1v) is 6.74. The van der Waals surface area contributed by atoms with E-state index in [1.54, 1.807) is 4.90 Å². The van der Waals surface area contributed by atoms with Gasteiger partial charge in [-0.25, -0.2) is 4.98 Å². The number of halogens is 1. The van der Waals surface area contributed by atoms with E-state index in [4.69, 9.17) is 5.11 Å². The van der Waals surface area contributed by atoms with Crippen molar-refractivity contribution in [2.24, 2.45) is 5.92 Å². The molecule has 3 heterocycles. The van der Waals surface area contributed by atoms with E-state index < -0.39 is 17.8 Å². The molecule has 20 heavy (non-hydrogen) atoms. The number of carboxylic acids is 1. The van der Waals surface area contributed by atoms with Crippen LogP contribution in [0.15, 0.2) is 12.3 Å². The zero-order valence-electron chi connectivity index (χ0n) is 10.9. The first-order chi connectivity index (χ1) is 9.56. The Morgan fingerprint density at radius 1 is 1.40 bits per heavy atom. The van der Waals surface area contributed by atoms with Crippen LogP contribution < -0.4 is 0 Å². The number of aromatic nitrogens is 1. The van der Waals surface area contributed by atoms with E-state index in [1.807, 2.05) is 0 Å². The van der Waals surface area contributed by atoms with Gasteiger partial charge in [0.2, 0.25) is 5.95 Å². The van der Waals surface area contributed by atoms with Crippen molar-refractivity contribution in [1.29, 1.82) is 0 Å². The van der Waals surface area contributed by atoms with Gasteiger partial charge in [0, 0.05) is 18.8 Å². The maximum absolute atomic E-state index is 13.2. The van der Waals surface area contributed by atoms with E-state index in [1.165, 1.54) is 12.3 Å². The first kappa shape index (κ1) is 13.0. The number of nitrogens with zero attached hydrogens (tertiary/aromatic N) is 2. The van der Waals surface area contributed by atoms with Crippen LogP contribution in [0.1, 0.15) is 35.2 Å². The van der Waals surface area contributed by atoms with E-state index >= 15 is 0 Å². The van der Waals surface area contributed by atoms with E-state index in [0.29, 0.717) is 30.4 Å². The molecule has 0 saturated carbocycles. The molecule has 1 aromatic heterocycles. The lowest BCUT2D eigenvalue weighted by Gasteiger charge is -2.37. The Labute approximate surface area is 115 Å². The molecule has 6 heteroatoms. The average Bonchev–Trinajstić information content (AvgIpc) is 2.56. The predicted octanol–water partition coefficient (Wildman–Crippen LogP) is 1.47. The number of carbonyl (C=O) groups is 2. The molecule has 0 bridgehead atoms. The van der Waals surface area contributed by atoms with E-state index in [2.05, 4.69) is 4.98 Å². The number of aliphatic carboxylic acids is 1. The molecule has 0 spiro atoms. The molecule has 5 nitrogen and oxygen atoms in total. The molecule has 0 aliphatic carbocycles. The molecule has 1 N–H and O–H groups in total. The van der Waals surface area contributed by atoms with Crippen LogP contribution in [0, 0.1) is 11.9 Å². The van der Waals surface area contributed by atoms with Gasteiger partial charge in [0.25, 0.3) is 5.91 Å². The molecule has 0 aromatic carbocycles. The molecule has 3 rings (SSSR count). The summed E-state index contributed by atoms with van der Waals surface area (Å²) in [4.78, 5) is 28.8. The zero-order chi connectivity index (χ0) is 14.3. The topological polar surface area (TPSA) is 70.5 Å². The highest BCUT2D eigenvalue weighted by molar-refractivity contribution is 5.96. The second-order valence-corrected chi connectivity index (χ2v) is 5.43. The summed E-state index contributed by atoms with van der Waals surface area (Å²) in [5.74, 6) is -2.18. The van der Waals surface area contributed by atoms with Crippen molar-refractivity contribution in [3.8, 4) is 0 Å². The number of fused-ring (bicyclic) bond motifs is 2. The summed E-state index contributed by atoms with van der Waals surface area (Å²) in [6, 6.07) is 1.36. The standard InChI is InChI=1S/C14H15FN2O3/c15-12-5-8-1-3-10-4-2-9(14(19)20)7-17(10)13(18)11(8)6-16-12/h5-6,9-10H,1-4,7H2,(H,19,20)/t9-,10-/m0/s1. The smallest absolute Gasteiger partial charge is 0.308 e. The molecule has 2 atom stereocenters. The van der Waals surface area contributed by atoms with Crippen molar-refractivity contribution in [3.05, 3.63) is 29.3 Å². The van der Waals surface area contributed by atoms with Crippen LogP contribution in [0.2, 0.25) is 0 Å². The van der Waals surface area contributed by atoms with Gasteiger partial charge in [-0.2, -0.15) is 4.39 Å². The molecular weight excluding hydrogens is 263 g/mol. The number of aryl methyl sites for hydroxylation is 1. The van der Waals surface area contributed by atoms with E-state index in [-0.39, 0.29) is 18.5 Å². The van der Waals surface area contributed by atoms with Gasteiger partial charge in [-0.3, -0.25) is 9.59 Å². The lowest BCUT2D eigenvalue weighted by Crippen LogP contribution is -2.47. The minimum atomic E-state index is -0.863. The summed E-state index contributed by atoms with van der Waals surface area (Å²) in [6.45, 7) is 0.232. The van der Waals surface area contributed by atoms with Crippen LogP contribution in [-0.4, -0.2) is 39.5 Å². The quantitative estimate of drug-likeness (QED) is 0.790. The van der Waals surface area contributed by atoms with E-state index in [0.717, 1.165) is 6.42 Å². The summed E-state index contributed by atoms with van der Waals surface area (Å²) in [5.41, 5.74) is 1.07. The Bertz CT molecular complexity index is 576. The van der Waals surface area contributed by atoms with Crippen molar-refractivity contribution < 1.29 is 19.1 Å². The van der Waals surface area contributed by atoms with Gasteiger partial charge in [-0.05, 0) is 37.3 Å². The maximum Gasteiger partial charge on any atom is 0.308 e. The molecule has 0 unspecified atom stereocenters. The third-order valence-corrected chi connectivity index (χ3v) is 4.25. The largest absolute Gasteiger partial charge is 0.481 e. The number of hydrogen-bond acceptors (Lipinski definition) is 3. The number of carboxylic acid groups (broad SMARTS) is 1. The summed E-state index contributed by atoms with van der Waals surface area (Å²) in [5, 5.41) is 9.12. The highest BCUT2D eigenvalue weighted by Crippen LogP contribution is 2.30. The second kappa shape index (κ2) is 4.85. The minimum Gasteiger partial charge on any atom is -0.481 e. The van der Waals surface area contributed by atoms with E-state index in [9.17, 15) is 14.0 Å². The molecule has 2 aliphatic rings. The summed E-state index contributed by atoms with van der Waals surface area (Å²) in [6.07, 6.45) is 3.91. The highest BCUT2D eigenvalue weighted by Gasteiger charge is 2.37. The summed E-state index contributed by atoms with van der Waals surface area (Å²) < 4.78 is 13.2. The fraction of sp³-hybridized carbons (Fsp3) is 0.500. The molecule has 1 amide bonds. The van der Waals surface area contributed by atoms with Crippen LogP contribution in [0.5, 0.6) is 0 Å². The predicted molar refractivity (Wildman–Crippen MR) is 67.7 cm³/mol. The monoisotopic (exact) mass is 278 g/mol. The Kier molecular flexibility index (Phi) is 3.16. The molecule has 0 radical (unpaired) electrons. The molecule has 1 fully saturated rings. The highest BCUT2D eigenvalue weighted by atomic mass is 19.1. The van der Waals surface area contributed by atoms with Gasteiger partial charge in [-0.15, -0.1) is 0 Å². The number of pyridine rings is 1. The Morgan fingerprint density at radius 3 is 2.95 bits per heavy atom.